The van der Waals surface area contributed by atoms with Gasteiger partial charge in [0.05, 0.1) is 24.3 Å². The summed E-state index contributed by atoms with van der Waals surface area (Å²) in [5.74, 6) is -3.58. The summed E-state index contributed by atoms with van der Waals surface area (Å²) in [5.41, 5.74) is 1.65. The van der Waals surface area contributed by atoms with Crippen LogP contribution in [-0.2, 0) is 24.1 Å². The Labute approximate surface area is 250 Å². The van der Waals surface area contributed by atoms with Gasteiger partial charge in [0.1, 0.15) is 17.2 Å². The molecule has 43 heavy (non-hydrogen) atoms. The lowest BCUT2D eigenvalue weighted by Gasteiger charge is -2.32. The monoisotopic (exact) mass is 596 g/mol. The summed E-state index contributed by atoms with van der Waals surface area (Å²) in [6.45, 7) is 8.59. The van der Waals surface area contributed by atoms with Crippen molar-refractivity contribution >= 4 is 18.0 Å². The highest BCUT2D eigenvalue weighted by Gasteiger charge is 2.30. The number of aromatic carboxylic acids is 1. The van der Waals surface area contributed by atoms with E-state index in [9.17, 15) is 33.4 Å². The van der Waals surface area contributed by atoms with E-state index >= 15 is 0 Å². The Balaban J connectivity index is 1.95. The molecule has 0 saturated carbocycles. The van der Waals surface area contributed by atoms with Gasteiger partial charge in [-0.05, 0) is 93.1 Å². The Morgan fingerprint density at radius 2 is 1.56 bits per heavy atom. The predicted octanol–water partition coefficient (Wildman–Crippen LogP) is 5.67. The number of aliphatic hydroxyl groups is 1. The number of carbonyl (C=O) groups excluding carboxylic acids is 2. The van der Waals surface area contributed by atoms with Crippen LogP contribution in [0.3, 0.4) is 0 Å². The molecule has 0 fully saturated rings. The highest BCUT2D eigenvalue weighted by Crippen LogP contribution is 2.18. The molecule has 10 heteroatoms. The molecule has 0 radical (unpaired) electrons. The van der Waals surface area contributed by atoms with Crippen LogP contribution in [0.15, 0.2) is 60.7 Å². The minimum absolute atomic E-state index is 0.0281. The number of nitrogens with one attached hydrogen (secondary N) is 1. The van der Waals surface area contributed by atoms with Crippen molar-refractivity contribution < 1.29 is 38.1 Å². The van der Waals surface area contributed by atoms with E-state index in [1.54, 1.807) is 27.7 Å². The van der Waals surface area contributed by atoms with E-state index in [4.69, 9.17) is 4.74 Å². The Morgan fingerprint density at radius 3 is 2.16 bits per heavy atom. The van der Waals surface area contributed by atoms with Crippen LogP contribution in [-0.4, -0.2) is 57.4 Å². The van der Waals surface area contributed by atoms with E-state index in [-0.39, 0.29) is 36.2 Å². The molecule has 2 atom stereocenters. The number of carbonyl (C=O) groups is 3. The number of hydrogen-bond donors (Lipinski definition) is 3. The SMILES string of the molecule is CCc1cccc(CN(C[C@@H](O)[C@H](Cc2cc(F)cc(F)c2)NC(=O)c2cc(C)cc(C(=O)O)c2)C(=O)OC(C)(C)C)c1. The first kappa shape index (κ1) is 33.2. The fourth-order valence-corrected chi connectivity index (χ4v) is 4.61. The van der Waals surface area contributed by atoms with Gasteiger partial charge >= 0.3 is 12.1 Å². The number of rotatable bonds is 11. The van der Waals surface area contributed by atoms with Crippen molar-refractivity contribution in [3.8, 4) is 0 Å². The lowest BCUT2D eigenvalue weighted by molar-refractivity contribution is 0.00837. The second-order valence-electron chi connectivity index (χ2n) is 11.6. The van der Waals surface area contributed by atoms with Crippen molar-refractivity contribution in [2.75, 3.05) is 6.54 Å². The molecule has 3 aromatic rings. The summed E-state index contributed by atoms with van der Waals surface area (Å²) in [5, 5.41) is 23.6. The largest absolute Gasteiger partial charge is 0.478 e. The predicted molar refractivity (Wildman–Crippen MR) is 158 cm³/mol. The third-order valence-electron chi connectivity index (χ3n) is 6.58. The molecule has 0 unspecified atom stereocenters. The lowest BCUT2D eigenvalue weighted by atomic mass is 9.99. The maximum Gasteiger partial charge on any atom is 0.410 e. The Morgan fingerprint density at radius 1 is 0.930 bits per heavy atom. The van der Waals surface area contributed by atoms with E-state index < -0.39 is 47.4 Å². The van der Waals surface area contributed by atoms with Gasteiger partial charge in [0.15, 0.2) is 0 Å². The summed E-state index contributed by atoms with van der Waals surface area (Å²) >= 11 is 0. The molecule has 0 saturated heterocycles. The standard InChI is InChI=1S/C33H38F2N2O6/c1-6-21-8-7-9-22(12-21)18-37(32(42)43-33(3,4)5)19-29(38)28(15-23-13-26(34)17-27(35)14-23)36-30(39)24-10-20(2)11-25(16-24)31(40)41/h7-14,16-17,28-29,38H,6,15,18-19H2,1-5H3,(H,36,39)(H,40,41)/t28-,29+/m0/s1. The molecule has 0 aliphatic heterocycles. The molecule has 0 aliphatic rings. The molecular formula is C33H38F2N2O6. The van der Waals surface area contributed by atoms with Gasteiger partial charge in [-0.2, -0.15) is 0 Å². The van der Waals surface area contributed by atoms with Gasteiger partial charge in [0.25, 0.3) is 5.91 Å². The van der Waals surface area contributed by atoms with Crippen molar-refractivity contribution in [2.24, 2.45) is 0 Å². The van der Waals surface area contributed by atoms with Crippen molar-refractivity contribution in [3.63, 3.8) is 0 Å². The van der Waals surface area contributed by atoms with Crippen molar-refractivity contribution in [1.29, 1.82) is 0 Å². The molecule has 0 bridgehead atoms. The summed E-state index contributed by atoms with van der Waals surface area (Å²) in [7, 11) is 0. The number of ether oxygens (including phenoxy) is 1. The highest BCUT2D eigenvalue weighted by molar-refractivity contribution is 5.98. The quantitative estimate of drug-likeness (QED) is 0.263. The maximum absolute atomic E-state index is 14.0. The van der Waals surface area contributed by atoms with Crippen LogP contribution in [0.2, 0.25) is 0 Å². The van der Waals surface area contributed by atoms with E-state index in [1.165, 1.54) is 23.1 Å². The molecule has 0 aliphatic carbocycles. The fourth-order valence-electron chi connectivity index (χ4n) is 4.61. The van der Waals surface area contributed by atoms with Gasteiger partial charge < -0.3 is 25.2 Å². The second kappa shape index (κ2) is 14.2. The number of aliphatic hydroxyl groups excluding tert-OH is 1. The van der Waals surface area contributed by atoms with Crippen molar-refractivity contribution in [2.45, 2.75) is 71.8 Å². The summed E-state index contributed by atoms with van der Waals surface area (Å²) < 4.78 is 33.7. The van der Waals surface area contributed by atoms with Gasteiger partial charge in [0, 0.05) is 18.2 Å². The van der Waals surface area contributed by atoms with E-state index in [0.717, 1.165) is 29.7 Å². The first-order valence-electron chi connectivity index (χ1n) is 14.0. The minimum atomic E-state index is -1.42. The molecule has 3 rings (SSSR count). The Hall–Kier alpha value is -4.31. The maximum atomic E-state index is 14.0. The van der Waals surface area contributed by atoms with Gasteiger partial charge in [0.2, 0.25) is 0 Å². The molecule has 8 nitrogen and oxygen atoms in total. The van der Waals surface area contributed by atoms with E-state index in [0.29, 0.717) is 11.6 Å². The van der Waals surface area contributed by atoms with Gasteiger partial charge in [-0.1, -0.05) is 31.2 Å². The van der Waals surface area contributed by atoms with Crippen LogP contribution in [0.25, 0.3) is 0 Å². The topological polar surface area (TPSA) is 116 Å². The molecule has 0 aromatic heterocycles. The number of nitrogens with zero attached hydrogens (tertiary/aromatic N) is 1. The third-order valence-corrected chi connectivity index (χ3v) is 6.58. The molecule has 230 valence electrons. The van der Waals surface area contributed by atoms with Gasteiger partial charge in [-0.25, -0.2) is 18.4 Å². The zero-order chi connectivity index (χ0) is 31.9. The first-order valence-corrected chi connectivity index (χ1v) is 14.0. The van der Waals surface area contributed by atoms with Crippen LogP contribution in [0, 0.1) is 18.6 Å². The minimum Gasteiger partial charge on any atom is -0.478 e. The number of halogens is 2. The average Bonchev–Trinajstić information content (AvgIpc) is 2.90. The number of aryl methyl sites for hydroxylation is 2. The molecule has 2 amide bonds. The molecule has 3 N–H and O–H groups in total. The second-order valence-corrected chi connectivity index (χ2v) is 11.6. The number of amides is 2. The van der Waals surface area contributed by atoms with Crippen LogP contribution in [0.5, 0.6) is 0 Å². The summed E-state index contributed by atoms with van der Waals surface area (Å²) in [4.78, 5) is 39.4. The number of benzene rings is 3. The number of carboxylic acids is 1. The Bertz CT molecular complexity index is 1450. The van der Waals surface area contributed by atoms with Crippen LogP contribution in [0.1, 0.15) is 70.7 Å². The van der Waals surface area contributed by atoms with Crippen LogP contribution < -0.4 is 5.32 Å². The smallest absolute Gasteiger partial charge is 0.410 e. The zero-order valence-corrected chi connectivity index (χ0v) is 25.0. The number of carboxylic acid groups (broad SMARTS) is 1. The number of hydrogen-bond acceptors (Lipinski definition) is 5. The fraction of sp³-hybridized carbons (Fsp3) is 0.364. The molecule has 3 aromatic carbocycles. The average molecular weight is 597 g/mol. The molecule has 0 spiro atoms. The van der Waals surface area contributed by atoms with Gasteiger partial charge in [-0.15, -0.1) is 0 Å². The Kier molecular flexibility index (Phi) is 11.0. The zero-order valence-electron chi connectivity index (χ0n) is 25.0. The normalized spacial score (nSPS) is 12.7. The summed E-state index contributed by atoms with van der Waals surface area (Å²) in [6, 6.07) is 13.5. The van der Waals surface area contributed by atoms with Gasteiger partial charge in [-0.3, -0.25) is 4.79 Å². The van der Waals surface area contributed by atoms with Crippen molar-refractivity contribution in [3.05, 3.63) is 106 Å². The van der Waals surface area contributed by atoms with E-state index in [1.807, 2.05) is 31.2 Å². The molecular weight excluding hydrogens is 558 g/mol. The molecule has 0 heterocycles. The summed E-state index contributed by atoms with van der Waals surface area (Å²) in [6.07, 6.45) is -1.52. The van der Waals surface area contributed by atoms with Crippen LogP contribution in [0.4, 0.5) is 13.6 Å². The lowest BCUT2D eigenvalue weighted by Crippen LogP contribution is -2.51. The van der Waals surface area contributed by atoms with E-state index in [2.05, 4.69) is 5.32 Å². The first-order chi connectivity index (χ1) is 20.1. The third kappa shape index (κ3) is 10.2. The van der Waals surface area contributed by atoms with Crippen molar-refractivity contribution in [1.82, 2.24) is 10.2 Å². The van der Waals surface area contributed by atoms with Crippen LogP contribution >= 0.6 is 0 Å². The highest BCUT2D eigenvalue weighted by atomic mass is 19.1.